The van der Waals surface area contributed by atoms with Gasteiger partial charge in [-0.15, -0.1) is 0 Å². The Labute approximate surface area is 226 Å². The third-order valence-electron chi connectivity index (χ3n) is 8.03. The van der Waals surface area contributed by atoms with Crippen LogP contribution in [0.15, 0.2) is 84.9 Å². The number of carbonyl (C=O) groups excluding carboxylic acids is 2. The first-order valence-electron chi connectivity index (χ1n) is 13.8. The Hall–Kier alpha value is -3.80. The summed E-state index contributed by atoms with van der Waals surface area (Å²) in [6, 6.07) is 28.9. The molecule has 0 unspecified atom stereocenters. The molecule has 5 rings (SSSR count). The van der Waals surface area contributed by atoms with Crippen LogP contribution in [0.3, 0.4) is 0 Å². The van der Waals surface area contributed by atoms with Gasteiger partial charge >= 0.3 is 12.1 Å². The molecule has 2 saturated heterocycles. The molecule has 2 heterocycles. The molecule has 0 aromatic heterocycles. The number of carbonyl (C=O) groups is 2. The Morgan fingerprint density at radius 3 is 1.32 bits per heavy atom. The van der Waals surface area contributed by atoms with Crippen molar-refractivity contribution in [3.63, 3.8) is 0 Å². The zero-order valence-electron chi connectivity index (χ0n) is 22.5. The molecule has 3 aromatic carbocycles. The van der Waals surface area contributed by atoms with E-state index in [1.807, 2.05) is 68.1 Å². The molecule has 0 saturated carbocycles. The fourth-order valence-electron chi connectivity index (χ4n) is 5.72. The maximum atomic E-state index is 13.5. The van der Waals surface area contributed by atoms with Gasteiger partial charge in [-0.05, 0) is 48.9 Å². The van der Waals surface area contributed by atoms with Crippen molar-refractivity contribution in [2.45, 2.75) is 51.9 Å². The van der Waals surface area contributed by atoms with E-state index < -0.39 is 0 Å². The molecule has 198 valence electrons. The minimum Gasteiger partial charge on any atom is -0.320 e. The van der Waals surface area contributed by atoms with E-state index in [2.05, 4.69) is 50.2 Å². The second-order valence-corrected chi connectivity index (χ2v) is 10.4. The molecule has 0 bridgehead atoms. The van der Waals surface area contributed by atoms with E-state index in [0.29, 0.717) is 13.1 Å². The summed E-state index contributed by atoms with van der Waals surface area (Å²) in [5.74, 6) is 0. The predicted octanol–water partition coefficient (Wildman–Crippen LogP) is 6.46. The summed E-state index contributed by atoms with van der Waals surface area (Å²) < 4.78 is 0. The highest BCUT2D eigenvalue weighted by Crippen LogP contribution is 2.28. The number of benzene rings is 3. The quantitative estimate of drug-likeness (QED) is 0.349. The van der Waals surface area contributed by atoms with Crippen LogP contribution in [-0.4, -0.2) is 57.8 Å². The summed E-state index contributed by atoms with van der Waals surface area (Å²) in [4.78, 5) is 35.0. The highest BCUT2D eigenvalue weighted by atomic mass is 16.2. The molecule has 2 fully saturated rings. The van der Waals surface area contributed by atoms with Gasteiger partial charge in [-0.1, -0.05) is 84.9 Å². The van der Waals surface area contributed by atoms with Gasteiger partial charge in [0.05, 0.1) is 12.1 Å². The Balaban J connectivity index is 1.28. The van der Waals surface area contributed by atoms with Crippen molar-refractivity contribution in [1.29, 1.82) is 0 Å². The number of hydrogen-bond acceptors (Lipinski definition) is 2. The van der Waals surface area contributed by atoms with Gasteiger partial charge in [-0.25, -0.2) is 9.59 Å². The molecule has 38 heavy (non-hydrogen) atoms. The Morgan fingerprint density at radius 2 is 0.921 bits per heavy atom. The summed E-state index contributed by atoms with van der Waals surface area (Å²) >= 11 is 0. The van der Waals surface area contributed by atoms with E-state index in [9.17, 15) is 9.59 Å². The largest absolute Gasteiger partial charge is 0.320 e. The Kier molecular flexibility index (Phi) is 7.97. The van der Waals surface area contributed by atoms with E-state index in [4.69, 9.17) is 0 Å². The lowest BCUT2D eigenvalue weighted by atomic mass is 10.0. The van der Waals surface area contributed by atoms with Crippen LogP contribution < -0.4 is 0 Å². The molecular weight excluding hydrogens is 472 g/mol. The molecule has 0 spiro atoms. The third kappa shape index (κ3) is 5.54. The van der Waals surface area contributed by atoms with Gasteiger partial charge in [0.2, 0.25) is 0 Å². The summed E-state index contributed by atoms with van der Waals surface area (Å²) in [6.45, 7) is 8.35. The number of nitrogens with zero attached hydrogens (tertiary/aromatic N) is 4. The number of urea groups is 2. The van der Waals surface area contributed by atoms with Gasteiger partial charge in [-0.2, -0.15) is 0 Å². The van der Waals surface area contributed by atoms with Gasteiger partial charge in [0, 0.05) is 39.3 Å². The van der Waals surface area contributed by atoms with Crippen molar-refractivity contribution in [3.8, 4) is 0 Å². The van der Waals surface area contributed by atoms with Gasteiger partial charge in [0.15, 0.2) is 0 Å². The normalized spacial score (nSPS) is 18.1. The average Bonchev–Trinajstić information content (AvgIpc) is 2.96. The van der Waals surface area contributed by atoms with Crippen LogP contribution in [0.1, 0.15) is 61.0 Å². The van der Waals surface area contributed by atoms with E-state index in [0.717, 1.165) is 61.3 Å². The molecular formula is C32H38N4O2. The minimum absolute atomic E-state index is 0.0327. The van der Waals surface area contributed by atoms with Gasteiger partial charge in [-0.3, -0.25) is 0 Å². The zero-order valence-corrected chi connectivity index (χ0v) is 22.5. The maximum Gasteiger partial charge on any atom is 0.320 e. The molecule has 2 aliphatic rings. The van der Waals surface area contributed by atoms with Crippen LogP contribution >= 0.6 is 0 Å². The summed E-state index contributed by atoms with van der Waals surface area (Å²) in [7, 11) is 0. The third-order valence-corrected chi connectivity index (χ3v) is 8.03. The van der Waals surface area contributed by atoms with Crippen molar-refractivity contribution in [2.24, 2.45) is 0 Å². The van der Waals surface area contributed by atoms with Crippen molar-refractivity contribution in [2.75, 3.05) is 26.2 Å². The first kappa shape index (κ1) is 25.8. The topological polar surface area (TPSA) is 47.1 Å². The number of hydrogen-bond donors (Lipinski definition) is 0. The molecule has 6 heteroatoms. The van der Waals surface area contributed by atoms with Crippen LogP contribution in [-0.2, 0) is 13.1 Å². The van der Waals surface area contributed by atoms with Crippen molar-refractivity contribution < 1.29 is 9.59 Å². The fourth-order valence-corrected chi connectivity index (χ4v) is 5.72. The lowest BCUT2D eigenvalue weighted by Gasteiger charge is -2.40. The van der Waals surface area contributed by atoms with Crippen molar-refractivity contribution in [1.82, 2.24) is 19.6 Å². The molecule has 2 aliphatic heterocycles. The molecule has 0 radical (unpaired) electrons. The van der Waals surface area contributed by atoms with Crippen LogP contribution in [0.2, 0.25) is 0 Å². The van der Waals surface area contributed by atoms with E-state index in [-0.39, 0.29) is 24.1 Å². The van der Waals surface area contributed by atoms with Crippen LogP contribution in [0, 0.1) is 0 Å². The highest BCUT2D eigenvalue weighted by Gasteiger charge is 2.32. The maximum absolute atomic E-state index is 13.5. The minimum atomic E-state index is 0.0327. The van der Waals surface area contributed by atoms with Crippen LogP contribution in [0.5, 0.6) is 0 Å². The van der Waals surface area contributed by atoms with Crippen LogP contribution in [0.4, 0.5) is 9.59 Å². The van der Waals surface area contributed by atoms with Crippen molar-refractivity contribution in [3.05, 3.63) is 107 Å². The molecule has 2 atom stereocenters. The Bertz CT molecular complexity index is 1140. The molecule has 0 aliphatic carbocycles. The van der Waals surface area contributed by atoms with E-state index >= 15 is 0 Å². The average molecular weight is 511 g/mol. The zero-order chi connectivity index (χ0) is 26.5. The lowest BCUT2D eigenvalue weighted by molar-refractivity contribution is 0.105. The monoisotopic (exact) mass is 510 g/mol. The smallest absolute Gasteiger partial charge is 0.320 e. The van der Waals surface area contributed by atoms with E-state index in [1.165, 1.54) is 0 Å². The first-order chi connectivity index (χ1) is 18.5. The molecule has 6 nitrogen and oxygen atoms in total. The first-order valence-corrected chi connectivity index (χ1v) is 13.8. The highest BCUT2D eigenvalue weighted by molar-refractivity contribution is 5.76. The molecule has 3 aromatic rings. The molecule has 4 amide bonds. The van der Waals surface area contributed by atoms with Crippen molar-refractivity contribution >= 4 is 12.1 Å². The molecule has 0 N–H and O–H groups in total. The second kappa shape index (κ2) is 11.7. The summed E-state index contributed by atoms with van der Waals surface area (Å²) in [6.07, 6.45) is 1.89. The number of rotatable bonds is 8. The van der Waals surface area contributed by atoms with Crippen LogP contribution in [0.25, 0.3) is 0 Å². The summed E-state index contributed by atoms with van der Waals surface area (Å²) in [5.41, 5.74) is 4.52. The number of amides is 4. The fraction of sp³-hybridized carbons (Fsp3) is 0.375. The van der Waals surface area contributed by atoms with Gasteiger partial charge in [0.1, 0.15) is 0 Å². The second-order valence-electron chi connectivity index (χ2n) is 10.4. The summed E-state index contributed by atoms with van der Waals surface area (Å²) in [5, 5.41) is 0. The predicted molar refractivity (Wildman–Crippen MR) is 150 cm³/mol. The standard InChI is InChI=1S/C32H38N4O2/c1-25(27-13-5-3-6-14-27)35-21-11-19-33(31(35)37)23-29-17-9-10-18-30(29)24-34-20-12-22-36(32(34)38)26(2)28-15-7-4-8-16-28/h3-10,13-18,25-26H,11-12,19-24H2,1-2H3/t25-,26-/m1/s1. The lowest BCUT2D eigenvalue weighted by Crippen LogP contribution is -2.50. The Morgan fingerprint density at radius 1 is 0.553 bits per heavy atom. The van der Waals surface area contributed by atoms with Gasteiger partial charge in [0.25, 0.3) is 0 Å². The van der Waals surface area contributed by atoms with Gasteiger partial charge < -0.3 is 19.6 Å². The van der Waals surface area contributed by atoms with E-state index in [1.54, 1.807) is 0 Å². The SMILES string of the molecule is C[C@H](c1ccccc1)N1CCCN(Cc2ccccc2CN2CCCN([C@H](C)c3ccccc3)C2=O)C1=O.